The first-order valence-electron chi connectivity index (χ1n) is 10.2. The van der Waals surface area contributed by atoms with Gasteiger partial charge in [-0.15, -0.1) is 0 Å². The van der Waals surface area contributed by atoms with E-state index in [0.29, 0.717) is 33.7 Å². The molecule has 3 amide bonds. The van der Waals surface area contributed by atoms with Gasteiger partial charge in [-0.25, -0.2) is 14.6 Å². The lowest BCUT2D eigenvalue weighted by Crippen LogP contribution is -2.29. The van der Waals surface area contributed by atoms with Crippen molar-refractivity contribution in [1.82, 2.24) is 14.8 Å². The minimum atomic E-state index is -0.383. The summed E-state index contributed by atoms with van der Waals surface area (Å²) in [5.41, 5.74) is 2.68. The Morgan fingerprint density at radius 1 is 0.938 bits per heavy atom. The SMILES string of the molecule is CC(C)n1ncc2cc(C(=O)Nc3cccc(N4C(=O)c5ccccc5C4=O)c3)cnc21. The third-order valence-electron chi connectivity index (χ3n) is 5.34. The Bertz CT molecular complexity index is 1370. The van der Waals surface area contributed by atoms with Crippen LogP contribution in [0.3, 0.4) is 0 Å². The van der Waals surface area contributed by atoms with Gasteiger partial charge in [0, 0.05) is 23.3 Å². The summed E-state index contributed by atoms with van der Waals surface area (Å²) in [6.45, 7) is 4.02. The first kappa shape index (κ1) is 19.6. The second-order valence-electron chi connectivity index (χ2n) is 7.82. The van der Waals surface area contributed by atoms with Crippen molar-refractivity contribution in [1.29, 1.82) is 0 Å². The van der Waals surface area contributed by atoms with Crippen molar-refractivity contribution < 1.29 is 14.4 Å². The summed E-state index contributed by atoms with van der Waals surface area (Å²) in [6, 6.07) is 15.2. The molecule has 0 aliphatic carbocycles. The van der Waals surface area contributed by atoms with E-state index >= 15 is 0 Å². The highest BCUT2D eigenvalue weighted by atomic mass is 16.2. The molecule has 1 aliphatic heterocycles. The molecule has 1 N–H and O–H groups in total. The van der Waals surface area contributed by atoms with Crippen molar-refractivity contribution in [2.45, 2.75) is 19.9 Å². The number of rotatable bonds is 4. The van der Waals surface area contributed by atoms with Gasteiger partial charge >= 0.3 is 0 Å². The number of aromatic nitrogens is 3. The molecule has 0 spiro atoms. The van der Waals surface area contributed by atoms with Gasteiger partial charge in [0.15, 0.2) is 5.65 Å². The van der Waals surface area contributed by atoms with Gasteiger partial charge in [-0.2, -0.15) is 5.10 Å². The Morgan fingerprint density at radius 2 is 1.66 bits per heavy atom. The van der Waals surface area contributed by atoms with Gasteiger partial charge in [0.2, 0.25) is 0 Å². The number of fused-ring (bicyclic) bond motifs is 2. The minimum absolute atomic E-state index is 0.157. The van der Waals surface area contributed by atoms with Crippen LogP contribution in [0.15, 0.2) is 67.0 Å². The van der Waals surface area contributed by atoms with Crippen LogP contribution in [0.2, 0.25) is 0 Å². The highest BCUT2D eigenvalue weighted by Crippen LogP contribution is 2.30. The third-order valence-corrected chi connectivity index (χ3v) is 5.34. The van der Waals surface area contributed by atoms with Crippen LogP contribution in [-0.4, -0.2) is 32.5 Å². The molecule has 0 fully saturated rings. The predicted octanol–water partition coefficient (Wildman–Crippen LogP) is 4.07. The molecule has 2 aromatic carbocycles. The Kier molecular flexibility index (Phi) is 4.55. The van der Waals surface area contributed by atoms with Crippen LogP contribution in [0, 0.1) is 0 Å². The van der Waals surface area contributed by atoms with Crippen molar-refractivity contribution in [2.75, 3.05) is 10.2 Å². The summed E-state index contributed by atoms with van der Waals surface area (Å²) in [5.74, 6) is -1.12. The third kappa shape index (κ3) is 3.13. The Morgan fingerprint density at radius 3 is 2.34 bits per heavy atom. The molecule has 4 aromatic rings. The van der Waals surface area contributed by atoms with Gasteiger partial charge in [0.05, 0.1) is 28.6 Å². The summed E-state index contributed by atoms with van der Waals surface area (Å²) in [4.78, 5) is 43.8. The van der Waals surface area contributed by atoms with Gasteiger partial charge in [-0.3, -0.25) is 14.4 Å². The number of carbonyl (C=O) groups excluding carboxylic acids is 3. The fourth-order valence-corrected chi connectivity index (χ4v) is 3.79. The van der Waals surface area contributed by atoms with E-state index in [-0.39, 0.29) is 23.8 Å². The zero-order chi connectivity index (χ0) is 22.4. The van der Waals surface area contributed by atoms with Crippen molar-refractivity contribution in [2.24, 2.45) is 0 Å². The molecule has 0 atom stereocenters. The Hall–Kier alpha value is -4.33. The lowest BCUT2D eigenvalue weighted by atomic mass is 10.1. The maximum atomic E-state index is 12.8. The van der Waals surface area contributed by atoms with Crippen LogP contribution in [-0.2, 0) is 0 Å². The molecule has 0 saturated carbocycles. The quantitative estimate of drug-likeness (QED) is 0.497. The van der Waals surface area contributed by atoms with E-state index < -0.39 is 0 Å². The maximum Gasteiger partial charge on any atom is 0.266 e. The zero-order valence-corrected chi connectivity index (χ0v) is 17.4. The molecular weight excluding hydrogens is 406 g/mol. The lowest BCUT2D eigenvalue weighted by Gasteiger charge is -2.15. The number of imide groups is 1. The molecule has 8 heteroatoms. The smallest absolute Gasteiger partial charge is 0.266 e. The molecule has 1 aliphatic rings. The lowest BCUT2D eigenvalue weighted by molar-refractivity contribution is 0.0925. The van der Waals surface area contributed by atoms with Gasteiger partial charge < -0.3 is 5.32 Å². The van der Waals surface area contributed by atoms with Gasteiger partial charge in [-0.1, -0.05) is 18.2 Å². The topological polar surface area (TPSA) is 97.2 Å². The molecule has 0 unspecified atom stereocenters. The summed E-state index contributed by atoms with van der Waals surface area (Å²) < 4.78 is 1.79. The normalized spacial score (nSPS) is 13.2. The average Bonchev–Trinajstić information content (AvgIpc) is 3.33. The second-order valence-corrected chi connectivity index (χ2v) is 7.82. The fraction of sp³-hybridized carbons (Fsp3) is 0.125. The Labute approximate surface area is 183 Å². The summed E-state index contributed by atoms with van der Waals surface area (Å²) in [5, 5.41) is 7.90. The van der Waals surface area contributed by atoms with E-state index in [1.807, 2.05) is 13.8 Å². The van der Waals surface area contributed by atoms with Crippen LogP contribution in [0.4, 0.5) is 11.4 Å². The number of hydrogen-bond donors (Lipinski definition) is 1. The van der Waals surface area contributed by atoms with Crippen LogP contribution >= 0.6 is 0 Å². The molecule has 32 heavy (non-hydrogen) atoms. The number of nitrogens with one attached hydrogen (secondary N) is 1. The molecule has 0 bridgehead atoms. The number of nitrogens with zero attached hydrogens (tertiary/aromatic N) is 4. The standard InChI is InChI=1S/C24H19N5O3/c1-14(2)29-21-15(13-26-29)10-16(12-25-21)22(30)27-17-6-5-7-18(11-17)28-23(31)19-8-3-4-9-20(19)24(28)32/h3-14H,1-2H3,(H,27,30). The summed E-state index contributed by atoms with van der Waals surface area (Å²) in [6.07, 6.45) is 3.19. The molecule has 8 nitrogen and oxygen atoms in total. The molecule has 0 radical (unpaired) electrons. The van der Waals surface area contributed by atoms with Crippen LogP contribution < -0.4 is 10.2 Å². The molecule has 5 rings (SSSR count). The first-order valence-corrected chi connectivity index (χ1v) is 10.2. The van der Waals surface area contributed by atoms with Gasteiger partial charge in [0.1, 0.15) is 0 Å². The minimum Gasteiger partial charge on any atom is -0.322 e. The second kappa shape index (κ2) is 7.42. The molecule has 2 aromatic heterocycles. The highest BCUT2D eigenvalue weighted by molar-refractivity contribution is 6.34. The zero-order valence-electron chi connectivity index (χ0n) is 17.4. The van der Waals surface area contributed by atoms with E-state index in [4.69, 9.17) is 0 Å². The average molecular weight is 425 g/mol. The van der Waals surface area contributed by atoms with E-state index in [9.17, 15) is 14.4 Å². The van der Waals surface area contributed by atoms with E-state index in [1.165, 1.54) is 6.20 Å². The largest absolute Gasteiger partial charge is 0.322 e. The monoisotopic (exact) mass is 425 g/mol. The van der Waals surface area contributed by atoms with Gasteiger partial charge in [-0.05, 0) is 50.2 Å². The number of anilines is 2. The summed E-state index contributed by atoms with van der Waals surface area (Å²) >= 11 is 0. The molecule has 158 valence electrons. The first-order chi connectivity index (χ1) is 15.4. The molecule has 3 heterocycles. The molecular formula is C24H19N5O3. The number of benzene rings is 2. The number of amides is 3. The van der Waals surface area contributed by atoms with Crippen molar-refractivity contribution in [3.8, 4) is 0 Å². The van der Waals surface area contributed by atoms with Crippen molar-refractivity contribution in [3.05, 3.63) is 83.7 Å². The van der Waals surface area contributed by atoms with Gasteiger partial charge in [0.25, 0.3) is 17.7 Å². The van der Waals surface area contributed by atoms with Crippen LogP contribution in [0.1, 0.15) is 51.0 Å². The predicted molar refractivity (Wildman–Crippen MR) is 120 cm³/mol. The maximum absolute atomic E-state index is 12.8. The summed E-state index contributed by atoms with van der Waals surface area (Å²) in [7, 11) is 0. The highest BCUT2D eigenvalue weighted by Gasteiger charge is 2.36. The Balaban J connectivity index is 1.40. The van der Waals surface area contributed by atoms with E-state index in [0.717, 1.165) is 10.3 Å². The number of pyridine rings is 1. The fourth-order valence-electron chi connectivity index (χ4n) is 3.79. The van der Waals surface area contributed by atoms with Crippen molar-refractivity contribution in [3.63, 3.8) is 0 Å². The van der Waals surface area contributed by atoms with Crippen LogP contribution in [0.25, 0.3) is 11.0 Å². The van der Waals surface area contributed by atoms with Crippen molar-refractivity contribution >= 4 is 40.1 Å². The molecule has 0 saturated heterocycles. The van der Waals surface area contributed by atoms with E-state index in [2.05, 4.69) is 15.4 Å². The van der Waals surface area contributed by atoms with Crippen LogP contribution in [0.5, 0.6) is 0 Å². The number of hydrogen-bond acceptors (Lipinski definition) is 5. The van der Waals surface area contributed by atoms with E-state index in [1.54, 1.807) is 65.5 Å². The number of carbonyl (C=O) groups is 3.